The van der Waals surface area contributed by atoms with Gasteiger partial charge in [-0.3, -0.25) is 0 Å². The number of hydrogen-bond acceptors (Lipinski definition) is 4. The molecule has 0 saturated carbocycles. The van der Waals surface area contributed by atoms with Crippen LogP contribution in [0.2, 0.25) is 0 Å². The molecule has 0 aliphatic heterocycles. The molecule has 1 aromatic heterocycles. The number of anilines is 1. The molecule has 0 saturated heterocycles. The monoisotopic (exact) mass is 130 g/mol. The maximum absolute atomic E-state index is 5.19. The van der Waals surface area contributed by atoms with Crippen molar-refractivity contribution in [3.8, 4) is 0 Å². The molecule has 1 aromatic rings. The minimum atomic E-state index is 0.342. The lowest BCUT2D eigenvalue weighted by Crippen LogP contribution is -1.76. The molecule has 0 radical (unpaired) electrons. The first kappa shape index (κ1) is 5.50. The predicted molar refractivity (Wildman–Crippen MR) is 33.6 cm³/mol. The van der Waals surface area contributed by atoms with Crippen LogP contribution >= 0.6 is 12.6 Å². The Morgan fingerprint density at radius 1 is 1.88 bits per heavy atom. The maximum Gasteiger partial charge on any atom is 0.211 e. The van der Waals surface area contributed by atoms with Gasteiger partial charge in [0.2, 0.25) is 11.8 Å². The zero-order chi connectivity index (χ0) is 5.98. The Hall–Kier alpha value is -0.640. The van der Waals surface area contributed by atoms with Crippen LogP contribution in [0.4, 0.5) is 5.88 Å². The normalized spacial score (nSPS) is 9.62. The van der Waals surface area contributed by atoms with E-state index in [0.717, 1.165) is 0 Å². The van der Waals surface area contributed by atoms with Gasteiger partial charge in [0, 0.05) is 0 Å². The average Bonchev–Trinajstić information content (AvgIpc) is 2.14. The number of nitrogen functional groups attached to an aromatic ring is 1. The molecule has 44 valence electrons. The van der Waals surface area contributed by atoms with Crippen LogP contribution in [-0.4, -0.2) is 4.98 Å². The van der Waals surface area contributed by atoms with Gasteiger partial charge >= 0.3 is 0 Å². The van der Waals surface area contributed by atoms with Crippen molar-refractivity contribution in [3.05, 3.63) is 12.1 Å². The summed E-state index contributed by atoms with van der Waals surface area (Å²) in [5.74, 6) is 1.40. The van der Waals surface area contributed by atoms with E-state index in [2.05, 4.69) is 17.6 Å². The first-order valence-electron chi connectivity index (χ1n) is 2.14. The highest BCUT2D eigenvalue weighted by Gasteiger charge is 1.94. The van der Waals surface area contributed by atoms with E-state index in [0.29, 0.717) is 17.5 Å². The van der Waals surface area contributed by atoms with Gasteiger partial charge < -0.3 is 10.2 Å². The summed E-state index contributed by atoms with van der Waals surface area (Å²) in [4.78, 5) is 3.77. The molecule has 0 bridgehead atoms. The molecule has 0 fully saturated rings. The van der Waals surface area contributed by atoms with Gasteiger partial charge in [-0.1, -0.05) is 0 Å². The minimum Gasteiger partial charge on any atom is -0.425 e. The number of oxazole rings is 1. The second-order valence-corrected chi connectivity index (χ2v) is 1.63. The molecule has 0 amide bonds. The second kappa shape index (κ2) is 2.09. The number of thiol groups is 1. The van der Waals surface area contributed by atoms with Gasteiger partial charge in [0.15, 0.2) is 0 Å². The average molecular weight is 130 g/mol. The standard InChI is InChI=1S/C4H6N2OS/c5-3-1-6-4(2-8)7-3/h1,8H,2,5H2. The summed E-state index contributed by atoms with van der Waals surface area (Å²) in [7, 11) is 0. The Kier molecular flexibility index (Phi) is 1.43. The second-order valence-electron chi connectivity index (χ2n) is 1.31. The van der Waals surface area contributed by atoms with Gasteiger partial charge in [0.05, 0.1) is 11.9 Å². The molecule has 4 heteroatoms. The summed E-state index contributed by atoms with van der Waals surface area (Å²) < 4.78 is 4.82. The highest BCUT2D eigenvalue weighted by Crippen LogP contribution is 2.05. The fourth-order valence-corrected chi connectivity index (χ4v) is 0.544. The van der Waals surface area contributed by atoms with Gasteiger partial charge in [-0.05, 0) is 0 Å². The van der Waals surface area contributed by atoms with Gasteiger partial charge in [-0.2, -0.15) is 12.6 Å². The van der Waals surface area contributed by atoms with Crippen LogP contribution in [0.1, 0.15) is 5.89 Å². The van der Waals surface area contributed by atoms with Crippen molar-refractivity contribution < 1.29 is 4.42 Å². The lowest BCUT2D eigenvalue weighted by Gasteiger charge is -1.80. The third-order valence-corrected chi connectivity index (χ3v) is 0.977. The van der Waals surface area contributed by atoms with Crippen molar-refractivity contribution in [2.45, 2.75) is 5.75 Å². The summed E-state index contributed by atoms with van der Waals surface area (Å²) >= 11 is 3.91. The van der Waals surface area contributed by atoms with E-state index >= 15 is 0 Å². The van der Waals surface area contributed by atoms with E-state index in [1.54, 1.807) is 0 Å². The quantitative estimate of drug-likeness (QED) is 0.550. The summed E-state index contributed by atoms with van der Waals surface area (Å²) in [6.07, 6.45) is 1.46. The molecule has 0 aliphatic carbocycles. The topological polar surface area (TPSA) is 52.0 Å². The zero-order valence-corrected chi connectivity index (χ0v) is 5.06. The fourth-order valence-electron chi connectivity index (χ4n) is 0.397. The van der Waals surface area contributed by atoms with Crippen molar-refractivity contribution in [2.24, 2.45) is 0 Å². The molecular formula is C4H6N2OS. The van der Waals surface area contributed by atoms with E-state index in [4.69, 9.17) is 10.2 Å². The van der Waals surface area contributed by atoms with Crippen LogP contribution in [0.3, 0.4) is 0 Å². The van der Waals surface area contributed by atoms with Gasteiger partial charge in [0.25, 0.3) is 0 Å². The highest BCUT2D eigenvalue weighted by atomic mass is 32.1. The SMILES string of the molecule is Nc1cnc(CS)o1. The van der Waals surface area contributed by atoms with Gasteiger partial charge in [-0.25, -0.2) is 4.98 Å². The third-order valence-electron chi connectivity index (χ3n) is 0.707. The molecule has 0 atom stereocenters. The first-order valence-corrected chi connectivity index (χ1v) is 2.77. The molecular weight excluding hydrogens is 124 g/mol. The molecule has 0 aromatic carbocycles. The van der Waals surface area contributed by atoms with Crippen LogP contribution in [0.5, 0.6) is 0 Å². The molecule has 0 spiro atoms. The van der Waals surface area contributed by atoms with Crippen molar-refractivity contribution >= 4 is 18.5 Å². The molecule has 1 rings (SSSR count). The molecule has 8 heavy (non-hydrogen) atoms. The zero-order valence-electron chi connectivity index (χ0n) is 4.16. The Balaban J connectivity index is 2.84. The summed E-state index contributed by atoms with van der Waals surface area (Å²) in [5.41, 5.74) is 5.19. The number of nitrogens with two attached hydrogens (primary N) is 1. The summed E-state index contributed by atoms with van der Waals surface area (Å²) in [6.45, 7) is 0. The van der Waals surface area contributed by atoms with E-state index in [-0.39, 0.29) is 0 Å². The predicted octanol–water partition coefficient (Wildman–Crippen LogP) is 0.687. The van der Waals surface area contributed by atoms with Crippen molar-refractivity contribution in [2.75, 3.05) is 5.73 Å². The van der Waals surface area contributed by atoms with E-state index in [1.165, 1.54) is 6.20 Å². The first-order chi connectivity index (χ1) is 3.83. The number of nitrogens with zero attached hydrogens (tertiary/aromatic N) is 1. The van der Waals surface area contributed by atoms with Crippen LogP contribution in [0, 0.1) is 0 Å². The highest BCUT2D eigenvalue weighted by molar-refractivity contribution is 7.79. The van der Waals surface area contributed by atoms with Gasteiger partial charge in [-0.15, -0.1) is 0 Å². The molecule has 1 heterocycles. The number of hydrogen-bond donors (Lipinski definition) is 2. The Bertz CT molecular complexity index is 174. The molecule has 3 nitrogen and oxygen atoms in total. The van der Waals surface area contributed by atoms with Crippen molar-refractivity contribution in [3.63, 3.8) is 0 Å². The molecule has 0 aliphatic rings. The third kappa shape index (κ3) is 0.949. The fraction of sp³-hybridized carbons (Fsp3) is 0.250. The Morgan fingerprint density at radius 3 is 2.88 bits per heavy atom. The van der Waals surface area contributed by atoms with Crippen LogP contribution in [-0.2, 0) is 5.75 Å². The lowest BCUT2D eigenvalue weighted by atomic mass is 10.8. The largest absolute Gasteiger partial charge is 0.425 e. The maximum atomic E-state index is 5.19. The molecule has 0 unspecified atom stereocenters. The van der Waals surface area contributed by atoms with E-state index in [9.17, 15) is 0 Å². The smallest absolute Gasteiger partial charge is 0.211 e. The van der Waals surface area contributed by atoms with Crippen molar-refractivity contribution in [1.29, 1.82) is 0 Å². The number of rotatable bonds is 1. The molecule has 2 N–H and O–H groups in total. The Labute approximate surface area is 52.3 Å². The van der Waals surface area contributed by atoms with Crippen molar-refractivity contribution in [1.82, 2.24) is 4.98 Å². The number of aromatic nitrogens is 1. The van der Waals surface area contributed by atoms with Crippen LogP contribution < -0.4 is 5.73 Å². The van der Waals surface area contributed by atoms with Crippen LogP contribution in [0.15, 0.2) is 10.6 Å². The van der Waals surface area contributed by atoms with E-state index in [1.807, 2.05) is 0 Å². The van der Waals surface area contributed by atoms with Gasteiger partial charge in [0.1, 0.15) is 0 Å². The van der Waals surface area contributed by atoms with Crippen LogP contribution in [0.25, 0.3) is 0 Å². The lowest BCUT2D eigenvalue weighted by molar-refractivity contribution is 0.535. The van der Waals surface area contributed by atoms with E-state index < -0.39 is 0 Å². The minimum absolute atomic E-state index is 0.342. The Morgan fingerprint density at radius 2 is 2.62 bits per heavy atom. The summed E-state index contributed by atoms with van der Waals surface area (Å²) in [5, 5.41) is 0. The summed E-state index contributed by atoms with van der Waals surface area (Å²) in [6, 6.07) is 0.